The maximum Gasteiger partial charge on any atom is 2.00 e. The Bertz CT molecular complexity index is 70.8. The van der Waals surface area contributed by atoms with E-state index >= 15 is 0 Å². The van der Waals surface area contributed by atoms with Gasteiger partial charge in [0.15, 0.2) is 0 Å². The molecule has 0 aliphatic rings. The van der Waals surface area contributed by atoms with E-state index in [1.165, 1.54) is 0 Å². The minimum absolute atomic E-state index is 0. The first-order chi connectivity index (χ1) is 2.64. The van der Waals surface area contributed by atoms with Crippen LogP contribution in [0.1, 0.15) is 9.78 Å². The summed E-state index contributed by atoms with van der Waals surface area (Å²) in [5.41, 5.74) is 0. The van der Waals surface area contributed by atoms with Crippen molar-refractivity contribution in [2.24, 2.45) is 0 Å². The fraction of sp³-hybridized carbons (Fsp3) is 0.667. The number of carbonyl (C=O) groups is 1. The molecule has 40 valence electrons. The number of rotatable bonds is 1. The number of halogens is 1. The van der Waals surface area contributed by atoms with E-state index in [2.05, 4.69) is 15.9 Å². The van der Waals surface area contributed by atoms with Crippen LogP contribution < -0.4 is 0 Å². The summed E-state index contributed by atoms with van der Waals surface area (Å²) >= 11 is 2.84. The summed E-state index contributed by atoms with van der Waals surface area (Å²) in [6.45, 7) is 1.56. The van der Waals surface area contributed by atoms with Crippen molar-refractivity contribution < 1.29 is 12.8 Å². The van der Waals surface area contributed by atoms with Crippen LogP contribution in [-0.4, -0.2) is 61.4 Å². The van der Waals surface area contributed by atoms with Crippen LogP contribution in [0.5, 0.6) is 0 Å². The molecule has 1 N–H and O–H groups in total. The predicted molar refractivity (Wildman–Crippen MR) is 34.0 cm³/mol. The van der Waals surface area contributed by atoms with Crippen LogP contribution in [0.15, 0.2) is 0 Å². The molecule has 0 saturated heterocycles. The van der Waals surface area contributed by atoms with Crippen molar-refractivity contribution in [1.29, 1.82) is 0 Å². The molecule has 0 aromatic carbocycles. The number of aliphatic carboxylic acids is 1. The van der Waals surface area contributed by atoms with Crippen molar-refractivity contribution in [3.63, 3.8) is 0 Å². The third-order valence-corrected chi connectivity index (χ3v) is 0.732. The van der Waals surface area contributed by atoms with Crippen molar-refractivity contribution in [2.75, 3.05) is 0 Å². The van der Waals surface area contributed by atoms with Crippen molar-refractivity contribution >= 4 is 67.4 Å². The zero-order chi connectivity index (χ0) is 5.15. The molecule has 0 saturated carbocycles. The van der Waals surface area contributed by atoms with Crippen molar-refractivity contribution in [2.45, 2.75) is 11.8 Å². The molecule has 0 rings (SSSR count). The van der Waals surface area contributed by atoms with E-state index in [0.717, 1.165) is 0 Å². The zero-order valence-corrected chi connectivity index (χ0v) is 9.08. The van der Waals surface area contributed by atoms with Crippen molar-refractivity contribution in [3.8, 4) is 0 Å². The summed E-state index contributed by atoms with van der Waals surface area (Å²) in [5.74, 6) is -0.824. The van der Waals surface area contributed by atoms with Gasteiger partial charge in [-0.2, -0.15) is 0 Å². The smallest absolute Gasteiger partial charge is 1.00 e. The zero-order valence-electron chi connectivity index (χ0n) is 6.02. The summed E-state index contributed by atoms with van der Waals surface area (Å²) in [7, 11) is 0. The molecule has 0 aromatic heterocycles. The van der Waals surface area contributed by atoms with Gasteiger partial charge in [-0.1, -0.05) is 15.9 Å². The molecule has 0 amide bonds. The van der Waals surface area contributed by atoms with Crippen molar-refractivity contribution in [3.05, 3.63) is 0 Å². The Kier molecular flexibility index (Phi) is 8.95. The van der Waals surface area contributed by atoms with Gasteiger partial charge in [0.1, 0.15) is 4.83 Å². The number of carboxylic acids is 1. The Morgan fingerprint density at radius 3 is 2.14 bits per heavy atom. The Morgan fingerprint density at radius 1 is 2.00 bits per heavy atom. The van der Waals surface area contributed by atoms with Gasteiger partial charge in [-0.3, -0.25) is 4.79 Å². The van der Waals surface area contributed by atoms with Gasteiger partial charge in [-0.15, -0.1) is 0 Å². The fourth-order valence-corrected chi connectivity index (χ4v) is 0. The monoisotopic (exact) mass is 242 g/mol. The van der Waals surface area contributed by atoms with Gasteiger partial charge in [0.2, 0.25) is 0 Å². The van der Waals surface area contributed by atoms with Crippen LogP contribution in [-0.2, 0) is 4.79 Å². The van der Waals surface area contributed by atoms with E-state index in [9.17, 15) is 4.79 Å². The minimum Gasteiger partial charge on any atom is -1.00 e. The average Bonchev–Trinajstić information content (AvgIpc) is 1.36. The van der Waals surface area contributed by atoms with Crippen LogP contribution >= 0.6 is 15.9 Å². The molecule has 7 heavy (non-hydrogen) atoms. The number of alkyl halides is 1. The molecular weight excluding hydrogens is 236 g/mol. The molecule has 2 nitrogen and oxygen atoms in total. The number of hydrogen-bond donors (Lipinski definition) is 1. The Hall–Kier alpha value is 1.43. The summed E-state index contributed by atoms with van der Waals surface area (Å²) in [4.78, 5) is 9.23. The quantitative estimate of drug-likeness (QED) is 0.543. The molecule has 0 aromatic rings. The second-order valence-corrected chi connectivity index (χ2v) is 2.33. The summed E-state index contributed by atoms with van der Waals surface area (Å²) in [6, 6.07) is 0. The first-order valence-electron chi connectivity index (χ1n) is 1.51. The average molecular weight is 243 g/mol. The van der Waals surface area contributed by atoms with E-state index in [4.69, 9.17) is 5.11 Å². The molecular formula is C3H7BrO2Sr. The summed E-state index contributed by atoms with van der Waals surface area (Å²) in [6.07, 6.45) is 0. The second kappa shape index (κ2) is 5.57. The molecule has 0 radical (unpaired) electrons. The van der Waals surface area contributed by atoms with E-state index < -0.39 is 10.8 Å². The van der Waals surface area contributed by atoms with Gasteiger partial charge >= 0.3 is 51.5 Å². The molecule has 0 bridgehead atoms. The molecule has 1 atom stereocenters. The van der Waals surface area contributed by atoms with Crippen molar-refractivity contribution in [1.82, 2.24) is 0 Å². The minimum atomic E-state index is -0.824. The van der Waals surface area contributed by atoms with Crippen LogP contribution in [0.2, 0.25) is 0 Å². The molecule has 0 fully saturated rings. The normalized spacial score (nSPS) is 11.7. The number of carboxylic acid groups (broad SMARTS) is 1. The first kappa shape index (κ1) is 11.3. The number of hydrogen-bond acceptors (Lipinski definition) is 1. The molecule has 0 aliphatic heterocycles. The van der Waals surface area contributed by atoms with Crippen LogP contribution in [0.4, 0.5) is 0 Å². The van der Waals surface area contributed by atoms with Crippen LogP contribution in [0, 0.1) is 0 Å². The van der Waals surface area contributed by atoms with E-state index in [1.807, 2.05) is 0 Å². The van der Waals surface area contributed by atoms with Crippen LogP contribution in [0.3, 0.4) is 0 Å². The van der Waals surface area contributed by atoms with Gasteiger partial charge < -0.3 is 7.96 Å². The van der Waals surface area contributed by atoms with Gasteiger partial charge in [-0.05, 0) is 6.92 Å². The molecule has 0 spiro atoms. The van der Waals surface area contributed by atoms with E-state index in [-0.39, 0.29) is 48.3 Å². The topological polar surface area (TPSA) is 37.3 Å². The largest absolute Gasteiger partial charge is 2.00 e. The van der Waals surface area contributed by atoms with E-state index in [0.29, 0.717) is 0 Å². The van der Waals surface area contributed by atoms with Gasteiger partial charge in [0.05, 0.1) is 0 Å². The predicted octanol–water partition coefficient (Wildman–Crippen LogP) is 0.699. The van der Waals surface area contributed by atoms with Gasteiger partial charge in [0, 0.05) is 0 Å². The fourth-order valence-electron chi connectivity index (χ4n) is 0. The van der Waals surface area contributed by atoms with Crippen LogP contribution in [0.25, 0.3) is 0 Å². The molecule has 0 aliphatic carbocycles. The molecule has 1 unspecified atom stereocenters. The standard InChI is InChI=1S/C3H5BrO2.Sr.2H/c1-2(4)3(5)6;;;/h2H,1H3,(H,5,6);;;/q;+2;2*-1. The maximum atomic E-state index is 9.65. The van der Waals surface area contributed by atoms with E-state index in [1.54, 1.807) is 6.92 Å². The van der Waals surface area contributed by atoms with Gasteiger partial charge in [-0.25, -0.2) is 0 Å². The Morgan fingerprint density at radius 2 is 2.14 bits per heavy atom. The van der Waals surface area contributed by atoms with Gasteiger partial charge in [0.25, 0.3) is 0 Å². The third-order valence-electron chi connectivity index (χ3n) is 0.340. The maximum absolute atomic E-state index is 9.65. The Labute approximate surface area is 90.7 Å². The third kappa shape index (κ3) is 7.43. The summed E-state index contributed by atoms with van der Waals surface area (Å²) in [5, 5.41) is 7.94. The summed E-state index contributed by atoms with van der Waals surface area (Å²) < 4.78 is 0. The molecule has 4 heteroatoms. The second-order valence-electron chi connectivity index (χ2n) is 0.954. The molecule has 0 heterocycles. The first-order valence-corrected chi connectivity index (χ1v) is 2.43. The SMILES string of the molecule is CC(Br)C(=O)O.[H-].[H-].[Sr+2]. The Balaban J connectivity index is -0.0000000417.